The summed E-state index contributed by atoms with van der Waals surface area (Å²) in [4.78, 5) is 52.8. The Morgan fingerprint density at radius 1 is 1.07 bits per heavy atom. The first-order chi connectivity index (χ1) is 14.0. The third kappa shape index (κ3) is 3.41. The molecule has 29 heavy (non-hydrogen) atoms. The largest absolute Gasteiger partial charge is 0.486 e. The Bertz CT molecular complexity index is 870. The van der Waals surface area contributed by atoms with Crippen molar-refractivity contribution in [2.75, 3.05) is 32.8 Å². The molecule has 2 fully saturated rings. The summed E-state index contributed by atoms with van der Waals surface area (Å²) in [5, 5.41) is 0. The van der Waals surface area contributed by atoms with E-state index in [1.807, 2.05) is 18.2 Å². The molecular weight excluding hydrogens is 378 g/mol. The first-order valence-corrected chi connectivity index (χ1v) is 9.87. The van der Waals surface area contributed by atoms with Crippen LogP contribution in [-0.4, -0.2) is 71.3 Å². The van der Waals surface area contributed by atoms with E-state index in [9.17, 15) is 19.2 Å². The number of carbonyl (C=O) groups is 4. The van der Waals surface area contributed by atoms with Crippen LogP contribution in [0.4, 0.5) is 4.79 Å². The van der Waals surface area contributed by atoms with Gasteiger partial charge in [-0.3, -0.25) is 19.3 Å². The predicted molar refractivity (Wildman–Crippen MR) is 100 cm³/mol. The number of nitrogens with zero attached hydrogens (tertiary/aromatic N) is 3. The molecule has 3 aliphatic rings. The zero-order valence-corrected chi connectivity index (χ0v) is 16.3. The van der Waals surface area contributed by atoms with E-state index in [-0.39, 0.29) is 18.5 Å². The number of carbonyl (C=O) groups excluding carboxylic acids is 4. The fraction of sp³-hybridized carbons (Fsp3) is 0.500. The molecule has 3 heterocycles. The Labute approximate surface area is 168 Å². The molecule has 0 unspecified atom stereocenters. The number of likely N-dealkylation sites (tertiary alicyclic amines) is 1. The molecule has 1 aromatic carbocycles. The topological polar surface area (TPSA) is 96.5 Å². The van der Waals surface area contributed by atoms with Gasteiger partial charge in [0.1, 0.15) is 19.8 Å². The summed E-state index contributed by atoms with van der Waals surface area (Å²) >= 11 is 0. The van der Waals surface area contributed by atoms with Crippen molar-refractivity contribution in [1.82, 2.24) is 14.7 Å². The number of imide groups is 2. The number of benzene rings is 1. The first-order valence-electron chi connectivity index (χ1n) is 9.87. The molecule has 0 aliphatic carbocycles. The number of urea groups is 1. The summed E-state index contributed by atoms with van der Waals surface area (Å²) in [5.41, 5.74) is 0.919. The van der Waals surface area contributed by atoms with Crippen LogP contribution in [0.1, 0.15) is 37.8 Å². The van der Waals surface area contributed by atoms with Crippen molar-refractivity contribution >= 4 is 23.8 Å². The lowest BCUT2D eigenvalue weighted by molar-refractivity contribution is -0.145. The van der Waals surface area contributed by atoms with Gasteiger partial charge in [0.25, 0.3) is 0 Å². The Balaban J connectivity index is 1.49. The Morgan fingerprint density at radius 2 is 1.79 bits per heavy atom. The molecule has 9 nitrogen and oxygen atoms in total. The molecule has 0 bridgehead atoms. The fourth-order valence-electron chi connectivity index (χ4n) is 4.02. The molecule has 3 aliphatic heterocycles. The fourth-order valence-corrected chi connectivity index (χ4v) is 4.02. The summed E-state index contributed by atoms with van der Waals surface area (Å²) in [5.74, 6) is -0.825. The average molecular weight is 401 g/mol. The molecule has 154 valence electrons. The normalized spacial score (nSPS) is 21.3. The Kier molecular flexibility index (Phi) is 5.12. The van der Waals surface area contributed by atoms with Crippen molar-refractivity contribution in [2.24, 2.45) is 0 Å². The van der Waals surface area contributed by atoms with Gasteiger partial charge in [-0.2, -0.15) is 0 Å². The molecule has 4 rings (SSSR count). The van der Waals surface area contributed by atoms with Crippen LogP contribution in [0.5, 0.6) is 11.5 Å². The van der Waals surface area contributed by atoms with Crippen molar-refractivity contribution in [3.05, 3.63) is 23.8 Å². The maximum absolute atomic E-state index is 12.9. The SMILES string of the molecule is CCCN1C(=O)C(=O)N(CC(=O)N2CCC[C@H]2c2ccc3c(c2)OCCO3)C1=O. The number of hydrogen-bond donors (Lipinski definition) is 0. The van der Waals surface area contributed by atoms with Gasteiger partial charge in [-0.25, -0.2) is 9.69 Å². The number of amides is 5. The van der Waals surface area contributed by atoms with Crippen molar-refractivity contribution in [3.63, 3.8) is 0 Å². The molecule has 0 N–H and O–H groups in total. The highest BCUT2D eigenvalue weighted by atomic mass is 16.6. The van der Waals surface area contributed by atoms with Gasteiger partial charge in [0, 0.05) is 13.1 Å². The van der Waals surface area contributed by atoms with E-state index in [0.29, 0.717) is 37.7 Å². The van der Waals surface area contributed by atoms with Crippen molar-refractivity contribution < 1.29 is 28.7 Å². The van der Waals surface area contributed by atoms with Gasteiger partial charge >= 0.3 is 17.8 Å². The van der Waals surface area contributed by atoms with Crippen LogP contribution in [0, 0.1) is 0 Å². The Morgan fingerprint density at radius 3 is 2.55 bits per heavy atom. The van der Waals surface area contributed by atoms with E-state index >= 15 is 0 Å². The van der Waals surface area contributed by atoms with E-state index in [1.54, 1.807) is 11.8 Å². The van der Waals surface area contributed by atoms with Crippen molar-refractivity contribution in [3.8, 4) is 11.5 Å². The average Bonchev–Trinajstić information content (AvgIpc) is 3.30. The smallest absolute Gasteiger partial charge is 0.334 e. The lowest BCUT2D eigenvalue weighted by Crippen LogP contribution is -2.43. The second-order valence-corrected chi connectivity index (χ2v) is 7.28. The summed E-state index contributed by atoms with van der Waals surface area (Å²) in [6, 6.07) is 4.73. The van der Waals surface area contributed by atoms with Crippen LogP contribution in [-0.2, 0) is 14.4 Å². The van der Waals surface area contributed by atoms with Gasteiger partial charge in [-0.05, 0) is 37.0 Å². The van der Waals surface area contributed by atoms with Crippen LogP contribution >= 0.6 is 0 Å². The van der Waals surface area contributed by atoms with Gasteiger partial charge in [0.05, 0.1) is 6.04 Å². The van der Waals surface area contributed by atoms with Gasteiger partial charge in [-0.1, -0.05) is 13.0 Å². The molecule has 1 aromatic rings. The monoisotopic (exact) mass is 401 g/mol. The molecule has 0 saturated carbocycles. The summed E-state index contributed by atoms with van der Waals surface area (Å²) in [6.07, 6.45) is 2.13. The number of fused-ring (bicyclic) bond motifs is 1. The minimum absolute atomic E-state index is 0.164. The molecule has 5 amide bonds. The number of ether oxygens (including phenoxy) is 2. The molecule has 0 aromatic heterocycles. The van der Waals surface area contributed by atoms with Crippen LogP contribution in [0.2, 0.25) is 0 Å². The van der Waals surface area contributed by atoms with Crippen LogP contribution in [0.25, 0.3) is 0 Å². The van der Waals surface area contributed by atoms with Gasteiger partial charge in [0.2, 0.25) is 5.91 Å². The van der Waals surface area contributed by atoms with Crippen LogP contribution in [0.15, 0.2) is 18.2 Å². The second-order valence-electron chi connectivity index (χ2n) is 7.28. The van der Waals surface area contributed by atoms with Crippen molar-refractivity contribution in [1.29, 1.82) is 0 Å². The van der Waals surface area contributed by atoms with E-state index in [0.717, 1.165) is 28.2 Å². The quantitative estimate of drug-likeness (QED) is 0.545. The Hall–Kier alpha value is -3.10. The highest BCUT2D eigenvalue weighted by Crippen LogP contribution is 2.38. The van der Waals surface area contributed by atoms with Crippen molar-refractivity contribution in [2.45, 2.75) is 32.2 Å². The third-order valence-corrected chi connectivity index (χ3v) is 5.40. The maximum Gasteiger partial charge on any atom is 0.334 e. The predicted octanol–water partition coefficient (Wildman–Crippen LogP) is 1.32. The van der Waals surface area contributed by atoms with E-state index in [2.05, 4.69) is 0 Å². The molecule has 0 radical (unpaired) electrons. The lowest BCUT2D eigenvalue weighted by Gasteiger charge is -2.28. The number of rotatable bonds is 5. The molecular formula is C20H23N3O6. The molecule has 1 atom stereocenters. The van der Waals surface area contributed by atoms with E-state index < -0.39 is 24.4 Å². The van der Waals surface area contributed by atoms with Gasteiger partial charge in [0.15, 0.2) is 11.5 Å². The molecule has 9 heteroatoms. The van der Waals surface area contributed by atoms with E-state index in [1.165, 1.54) is 0 Å². The van der Waals surface area contributed by atoms with Gasteiger partial charge < -0.3 is 14.4 Å². The zero-order valence-electron chi connectivity index (χ0n) is 16.3. The summed E-state index contributed by atoms with van der Waals surface area (Å²) in [7, 11) is 0. The second kappa shape index (κ2) is 7.73. The minimum Gasteiger partial charge on any atom is -0.486 e. The number of hydrogen-bond acceptors (Lipinski definition) is 6. The van der Waals surface area contributed by atoms with Crippen LogP contribution in [0.3, 0.4) is 0 Å². The van der Waals surface area contributed by atoms with Crippen LogP contribution < -0.4 is 9.47 Å². The first kappa shape index (κ1) is 19.2. The van der Waals surface area contributed by atoms with Gasteiger partial charge in [-0.15, -0.1) is 0 Å². The minimum atomic E-state index is -0.938. The van der Waals surface area contributed by atoms with E-state index in [4.69, 9.17) is 9.47 Å². The molecule has 2 saturated heterocycles. The summed E-state index contributed by atoms with van der Waals surface area (Å²) < 4.78 is 11.2. The third-order valence-electron chi connectivity index (χ3n) is 5.40. The standard InChI is InChI=1S/C20H23N3O6/c1-2-7-22-18(25)19(26)23(20(22)27)12-17(24)21-8-3-4-14(21)13-5-6-15-16(11-13)29-10-9-28-15/h5-6,11,14H,2-4,7-10,12H2,1H3/t14-/m0/s1. The maximum atomic E-state index is 12.9. The highest BCUT2D eigenvalue weighted by molar-refractivity contribution is 6.45. The highest BCUT2D eigenvalue weighted by Gasteiger charge is 2.45. The lowest BCUT2D eigenvalue weighted by atomic mass is 10.0. The zero-order chi connectivity index (χ0) is 20.5. The molecule has 0 spiro atoms. The summed E-state index contributed by atoms with van der Waals surface area (Å²) in [6.45, 7) is 3.06.